The predicted molar refractivity (Wildman–Crippen MR) is 151 cm³/mol. The number of hydrogen-bond donors (Lipinski definition) is 1. The molecule has 39 heavy (non-hydrogen) atoms. The number of rotatable bonds is 9. The van der Waals surface area contributed by atoms with Gasteiger partial charge in [0, 0.05) is 11.4 Å². The minimum atomic E-state index is -3.76. The summed E-state index contributed by atoms with van der Waals surface area (Å²) < 4.78 is 39.7. The maximum Gasteiger partial charge on any atom is 0.337 e. The molecule has 4 aromatic carbocycles. The Labute approximate surface area is 227 Å². The SMILES string of the molecule is COC(=O)c1ccc(CC(C)NS(=O)(=O)c2ccc3ccc(OCc4ccc5ccccc5n4)cc3c2)cc1. The second kappa shape index (κ2) is 11.2. The Kier molecular flexibility index (Phi) is 7.58. The van der Waals surface area contributed by atoms with Gasteiger partial charge in [0.15, 0.2) is 0 Å². The Balaban J connectivity index is 1.27. The van der Waals surface area contributed by atoms with Crippen molar-refractivity contribution in [1.29, 1.82) is 0 Å². The molecule has 0 saturated carbocycles. The molecule has 5 rings (SSSR count). The lowest BCUT2D eigenvalue weighted by molar-refractivity contribution is 0.0600. The van der Waals surface area contributed by atoms with Crippen molar-refractivity contribution in [3.63, 3.8) is 0 Å². The van der Waals surface area contributed by atoms with Crippen LogP contribution in [0.4, 0.5) is 0 Å². The second-order valence-corrected chi connectivity index (χ2v) is 11.1. The number of carbonyl (C=O) groups excluding carboxylic acids is 1. The molecule has 0 spiro atoms. The summed E-state index contributed by atoms with van der Waals surface area (Å²) in [6, 6.07) is 29.1. The number of esters is 1. The molecule has 198 valence electrons. The summed E-state index contributed by atoms with van der Waals surface area (Å²) in [6.07, 6.45) is 0.467. The van der Waals surface area contributed by atoms with Gasteiger partial charge in [-0.15, -0.1) is 0 Å². The van der Waals surface area contributed by atoms with Crippen LogP contribution in [0.3, 0.4) is 0 Å². The first-order valence-electron chi connectivity index (χ1n) is 12.5. The molecular weight excluding hydrogens is 512 g/mol. The molecule has 8 heteroatoms. The summed E-state index contributed by atoms with van der Waals surface area (Å²) in [6.45, 7) is 2.10. The van der Waals surface area contributed by atoms with Crippen molar-refractivity contribution >= 4 is 37.7 Å². The van der Waals surface area contributed by atoms with E-state index < -0.39 is 16.0 Å². The van der Waals surface area contributed by atoms with Gasteiger partial charge in [-0.2, -0.15) is 0 Å². The van der Waals surface area contributed by atoms with Gasteiger partial charge in [0.2, 0.25) is 10.0 Å². The molecule has 0 saturated heterocycles. The predicted octanol–water partition coefficient (Wildman–Crippen LogP) is 5.66. The third-order valence-electron chi connectivity index (χ3n) is 6.41. The van der Waals surface area contributed by atoms with E-state index in [1.165, 1.54) is 7.11 Å². The van der Waals surface area contributed by atoms with E-state index in [9.17, 15) is 13.2 Å². The maximum atomic E-state index is 13.1. The van der Waals surface area contributed by atoms with Gasteiger partial charge in [-0.05, 0) is 78.2 Å². The quantitative estimate of drug-likeness (QED) is 0.242. The number of para-hydroxylation sites is 1. The Morgan fingerprint density at radius 2 is 1.62 bits per heavy atom. The Hall–Kier alpha value is -4.27. The molecule has 0 aliphatic heterocycles. The van der Waals surface area contributed by atoms with E-state index in [0.29, 0.717) is 24.3 Å². The van der Waals surface area contributed by atoms with Gasteiger partial charge >= 0.3 is 5.97 Å². The lowest BCUT2D eigenvalue weighted by Crippen LogP contribution is -2.34. The largest absolute Gasteiger partial charge is 0.487 e. The van der Waals surface area contributed by atoms with Crippen molar-refractivity contribution in [3.05, 3.63) is 114 Å². The highest BCUT2D eigenvalue weighted by Crippen LogP contribution is 2.25. The molecule has 7 nitrogen and oxygen atoms in total. The summed E-state index contributed by atoms with van der Waals surface area (Å²) >= 11 is 0. The number of methoxy groups -OCH3 is 1. The fourth-order valence-electron chi connectivity index (χ4n) is 4.43. The van der Waals surface area contributed by atoms with E-state index in [-0.39, 0.29) is 10.9 Å². The summed E-state index contributed by atoms with van der Waals surface area (Å²) in [5.74, 6) is 0.217. The van der Waals surface area contributed by atoms with Crippen LogP contribution >= 0.6 is 0 Å². The Morgan fingerprint density at radius 3 is 2.41 bits per heavy atom. The van der Waals surface area contributed by atoms with Crippen molar-refractivity contribution < 1.29 is 22.7 Å². The highest BCUT2D eigenvalue weighted by atomic mass is 32.2. The Morgan fingerprint density at radius 1 is 0.872 bits per heavy atom. The van der Waals surface area contributed by atoms with Gasteiger partial charge in [0.1, 0.15) is 12.4 Å². The zero-order valence-corrected chi connectivity index (χ0v) is 22.4. The Bertz CT molecular complexity index is 1750. The molecule has 0 bridgehead atoms. The highest BCUT2D eigenvalue weighted by Gasteiger charge is 2.18. The maximum absolute atomic E-state index is 13.1. The van der Waals surface area contributed by atoms with Crippen molar-refractivity contribution in [2.75, 3.05) is 7.11 Å². The molecule has 1 N–H and O–H groups in total. The van der Waals surface area contributed by atoms with Crippen molar-refractivity contribution in [1.82, 2.24) is 9.71 Å². The third-order valence-corrected chi connectivity index (χ3v) is 8.00. The summed E-state index contributed by atoms with van der Waals surface area (Å²) in [5, 5.41) is 2.73. The smallest absolute Gasteiger partial charge is 0.337 e. The van der Waals surface area contributed by atoms with Crippen LogP contribution in [0.1, 0.15) is 28.5 Å². The number of benzene rings is 4. The van der Waals surface area contributed by atoms with E-state index in [1.54, 1.807) is 49.4 Å². The van der Waals surface area contributed by atoms with E-state index in [4.69, 9.17) is 9.47 Å². The molecule has 0 radical (unpaired) electrons. The number of carbonyl (C=O) groups is 1. The lowest BCUT2D eigenvalue weighted by Gasteiger charge is -2.15. The fraction of sp³-hybridized carbons (Fsp3) is 0.161. The van der Waals surface area contributed by atoms with Crippen LogP contribution in [0.5, 0.6) is 5.75 Å². The molecule has 1 atom stereocenters. The van der Waals surface area contributed by atoms with Crippen LogP contribution < -0.4 is 9.46 Å². The fourth-order valence-corrected chi connectivity index (χ4v) is 5.71. The van der Waals surface area contributed by atoms with E-state index in [1.807, 2.05) is 54.6 Å². The first kappa shape index (κ1) is 26.3. The number of sulfonamides is 1. The van der Waals surface area contributed by atoms with Crippen molar-refractivity contribution in [2.45, 2.75) is 30.9 Å². The zero-order valence-electron chi connectivity index (χ0n) is 21.6. The van der Waals surface area contributed by atoms with Gasteiger partial charge in [-0.3, -0.25) is 0 Å². The molecule has 5 aromatic rings. The molecule has 0 fully saturated rings. The van der Waals surface area contributed by atoms with Gasteiger partial charge in [-0.25, -0.2) is 22.9 Å². The van der Waals surface area contributed by atoms with Crippen molar-refractivity contribution in [3.8, 4) is 5.75 Å². The van der Waals surface area contributed by atoms with Crippen LogP contribution in [-0.2, 0) is 27.8 Å². The van der Waals surface area contributed by atoms with Crippen LogP contribution in [0.25, 0.3) is 21.7 Å². The first-order chi connectivity index (χ1) is 18.8. The van der Waals surface area contributed by atoms with Crippen molar-refractivity contribution in [2.24, 2.45) is 0 Å². The van der Waals surface area contributed by atoms with Crippen LogP contribution in [-0.4, -0.2) is 32.5 Å². The molecular formula is C31H28N2O5S. The molecule has 1 heterocycles. The minimum Gasteiger partial charge on any atom is -0.487 e. The van der Waals surface area contributed by atoms with E-state index in [2.05, 4.69) is 9.71 Å². The van der Waals surface area contributed by atoms with Crippen LogP contribution in [0.15, 0.2) is 102 Å². The van der Waals surface area contributed by atoms with Gasteiger partial charge < -0.3 is 9.47 Å². The summed E-state index contributed by atoms with van der Waals surface area (Å²) in [7, 11) is -2.43. The standard InChI is InChI=1S/C31H28N2O5S/c1-21(17-22-7-9-25(10-8-22)31(34)37-2)33-39(35,36)29-16-13-23-12-15-28(18-26(23)19-29)38-20-27-14-11-24-5-3-4-6-30(24)32-27/h3-16,18-19,21,33H,17,20H2,1-2H3. The molecule has 0 aliphatic rings. The van der Waals surface area contributed by atoms with Crippen LogP contribution in [0, 0.1) is 0 Å². The first-order valence-corrected chi connectivity index (χ1v) is 14.0. The summed E-state index contributed by atoms with van der Waals surface area (Å²) in [5.41, 5.74) is 3.07. The lowest BCUT2D eigenvalue weighted by atomic mass is 10.1. The molecule has 0 amide bonds. The van der Waals surface area contributed by atoms with Gasteiger partial charge in [-0.1, -0.05) is 48.5 Å². The van der Waals surface area contributed by atoms with E-state index >= 15 is 0 Å². The topological polar surface area (TPSA) is 94.6 Å². The zero-order chi connectivity index (χ0) is 27.4. The molecule has 1 unspecified atom stereocenters. The number of fused-ring (bicyclic) bond motifs is 2. The molecule has 0 aliphatic carbocycles. The van der Waals surface area contributed by atoms with Gasteiger partial charge in [0.25, 0.3) is 0 Å². The number of ether oxygens (including phenoxy) is 2. The number of hydrogen-bond acceptors (Lipinski definition) is 6. The molecule has 1 aromatic heterocycles. The minimum absolute atomic E-state index is 0.177. The number of nitrogens with zero attached hydrogens (tertiary/aromatic N) is 1. The summed E-state index contributed by atoms with van der Waals surface area (Å²) in [4.78, 5) is 16.4. The number of nitrogens with one attached hydrogen (secondary N) is 1. The van der Waals surface area contributed by atoms with Crippen LogP contribution in [0.2, 0.25) is 0 Å². The second-order valence-electron chi connectivity index (χ2n) is 9.37. The average Bonchev–Trinajstić information content (AvgIpc) is 2.95. The average molecular weight is 541 g/mol. The number of pyridine rings is 1. The third kappa shape index (κ3) is 6.25. The van der Waals surface area contributed by atoms with E-state index in [0.717, 1.165) is 32.9 Å². The number of aromatic nitrogens is 1. The van der Waals surface area contributed by atoms with Gasteiger partial charge in [0.05, 0.1) is 28.8 Å². The monoisotopic (exact) mass is 540 g/mol. The highest BCUT2D eigenvalue weighted by molar-refractivity contribution is 7.89. The normalized spacial score (nSPS) is 12.4.